The maximum absolute atomic E-state index is 14.7. The summed E-state index contributed by atoms with van der Waals surface area (Å²) >= 11 is 0. The fourth-order valence-corrected chi connectivity index (χ4v) is 3.34. The monoisotopic (exact) mass is 407 g/mol. The number of nitrogens with one attached hydrogen (secondary N) is 1. The predicted molar refractivity (Wildman–Crippen MR) is 104 cm³/mol. The Balaban J connectivity index is 1.66. The first kappa shape index (κ1) is 19.2. The zero-order chi connectivity index (χ0) is 21.5. The third kappa shape index (κ3) is 3.37. The number of nitriles is 1. The minimum atomic E-state index is -1.09. The second-order valence-corrected chi connectivity index (χ2v) is 6.97. The molecule has 1 unspecified atom stereocenters. The number of nitrogens with zero attached hydrogens (tertiary/aromatic N) is 5. The van der Waals surface area contributed by atoms with Crippen molar-refractivity contribution in [1.82, 2.24) is 14.5 Å². The smallest absolute Gasteiger partial charge is 0.274 e. The fraction of sp³-hybridized carbons (Fsp3) is 0.150. The Bertz CT molecular complexity index is 1230. The Morgan fingerprint density at radius 2 is 2.13 bits per heavy atom. The van der Waals surface area contributed by atoms with Gasteiger partial charge in [-0.15, -0.1) is 0 Å². The number of benzene rings is 1. The number of pyridine rings is 1. The van der Waals surface area contributed by atoms with Gasteiger partial charge < -0.3 is 15.6 Å². The maximum atomic E-state index is 14.7. The largest absolute Gasteiger partial charge is 0.381 e. The summed E-state index contributed by atoms with van der Waals surface area (Å²) in [6, 6.07) is 8.38. The van der Waals surface area contributed by atoms with Gasteiger partial charge in [-0.3, -0.25) is 9.79 Å². The van der Waals surface area contributed by atoms with E-state index in [-0.39, 0.29) is 29.3 Å². The van der Waals surface area contributed by atoms with Gasteiger partial charge in [-0.05, 0) is 37.3 Å². The van der Waals surface area contributed by atoms with Crippen LogP contribution in [0.25, 0.3) is 0 Å². The number of halogens is 2. The van der Waals surface area contributed by atoms with E-state index in [1.54, 1.807) is 11.5 Å². The van der Waals surface area contributed by atoms with Gasteiger partial charge in [-0.1, -0.05) is 0 Å². The lowest BCUT2D eigenvalue weighted by molar-refractivity contribution is 0.102. The van der Waals surface area contributed by atoms with E-state index < -0.39 is 23.1 Å². The van der Waals surface area contributed by atoms with Crippen LogP contribution in [0.5, 0.6) is 0 Å². The molecular formula is C20H15F2N7O. The molecule has 1 aliphatic rings. The minimum absolute atomic E-state index is 0.0144. The molecule has 150 valence electrons. The molecule has 0 saturated carbocycles. The van der Waals surface area contributed by atoms with Crippen molar-refractivity contribution in [3.8, 4) is 6.07 Å². The Morgan fingerprint density at radius 1 is 1.33 bits per heavy atom. The average Bonchev–Trinajstić information content (AvgIpc) is 3.13. The van der Waals surface area contributed by atoms with E-state index in [9.17, 15) is 13.6 Å². The normalized spacial score (nSPS) is 17.6. The number of anilines is 1. The van der Waals surface area contributed by atoms with E-state index in [1.807, 2.05) is 6.07 Å². The van der Waals surface area contributed by atoms with Gasteiger partial charge in [0, 0.05) is 17.4 Å². The topological polar surface area (TPSA) is 122 Å². The SMILES string of the molecule is CC1(c2cc(NC(=O)c3ccc(F)cn3)ccc2F)Cn2cc(C#N)nc2C(N)=N1. The van der Waals surface area contributed by atoms with Crippen molar-refractivity contribution >= 4 is 17.4 Å². The van der Waals surface area contributed by atoms with Crippen molar-refractivity contribution in [1.29, 1.82) is 5.26 Å². The number of nitrogens with two attached hydrogens (primary N) is 1. The summed E-state index contributed by atoms with van der Waals surface area (Å²) in [4.78, 5) is 24.6. The van der Waals surface area contributed by atoms with E-state index in [1.165, 1.54) is 30.5 Å². The fourth-order valence-electron chi connectivity index (χ4n) is 3.34. The van der Waals surface area contributed by atoms with Crippen LogP contribution in [0, 0.1) is 23.0 Å². The zero-order valence-corrected chi connectivity index (χ0v) is 15.7. The molecule has 1 atom stereocenters. The van der Waals surface area contributed by atoms with Crippen molar-refractivity contribution in [3.05, 3.63) is 77.1 Å². The standard InChI is InChI=1S/C20H15F2N7O/c1-20(10-29-9-13(7-23)26-18(29)17(24)28-20)14-6-12(3-4-15(14)22)27-19(30)16-5-2-11(21)8-25-16/h2-6,8-9H,10H2,1H3,(H2,24,28)(H,27,30). The third-order valence-electron chi connectivity index (χ3n) is 4.73. The Kier molecular flexibility index (Phi) is 4.50. The van der Waals surface area contributed by atoms with Crippen molar-refractivity contribution in [3.63, 3.8) is 0 Å². The Morgan fingerprint density at radius 3 is 2.83 bits per heavy atom. The van der Waals surface area contributed by atoms with Crippen LogP contribution in [-0.2, 0) is 12.1 Å². The number of hydrogen-bond acceptors (Lipinski definition) is 6. The summed E-state index contributed by atoms with van der Waals surface area (Å²) in [7, 11) is 0. The van der Waals surface area contributed by atoms with Crippen LogP contribution in [0.2, 0.25) is 0 Å². The average molecular weight is 407 g/mol. The quantitative estimate of drug-likeness (QED) is 0.690. The van der Waals surface area contributed by atoms with Gasteiger partial charge in [0.2, 0.25) is 0 Å². The number of rotatable bonds is 3. The molecule has 30 heavy (non-hydrogen) atoms. The Hall–Kier alpha value is -4.13. The molecular weight excluding hydrogens is 392 g/mol. The molecule has 8 nitrogen and oxygen atoms in total. The first-order chi connectivity index (χ1) is 14.3. The molecule has 10 heteroatoms. The molecule has 1 aromatic carbocycles. The number of amides is 1. The molecule has 0 saturated heterocycles. The van der Waals surface area contributed by atoms with Crippen LogP contribution in [0.4, 0.5) is 14.5 Å². The number of fused-ring (bicyclic) bond motifs is 1. The van der Waals surface area contributed by atoms with E-state index >= 15 is 0 Å². The van der Waals surface area contributed by atoms with Gasteiger partial charge in [-0.25, -0.2) is 18.7 Å². The number of aromatic nitrogens is 3. The first-order valence-corrected chi connectivity index (χ1v) is 8.85. The molecule has 3 heterocycles. The Labute approximate surface area is 169 Å². The van der Waals surface area contributed by atoms with E-state index in [0.29, 0.717) is 11.5 Å². The highest BCUT2D eigenvalue weighted by molar-refractivity contribution is 6.02. The maximum Gasteiger partial charge on any atom is 0.274 e. The molecule has 3 aromatic rings. The van der Waals surface area contributed by atoms with Gasteiger partial charge >= 0.3 is 0 Å². The zero-order valence-electron chi connectivity index (χ0n) is 15.7. The highest BCUT2D eigenvalue weighted by Crippen LogP contribution is 2.34. The summed E-state index contributed by atoms with van der Waals surface area (Å²) in [6.45, 7) is 1.89. The highest BCUT2D eigenvalue weighted by Gasteiger charge is 2.35. The summed E-state index contributed by atoms with van der Waals surface area (Å²) in [5.41, 5.74) is 5.63. The van der Waals surface area contributed by atoms with E-state index in [2.05, 4.69) is 20.3 Å². The second kappa shape index (κ2) is 7.04. The highest BCUT2D eigenvalue weighted by atomic mass is 19.1. The molecule has 2 aromatic heterocycles. The summed E-state index contributed by atoms with van der Waals surface area (Å²) < 4.78 is 29.4. The number of carbonyl (C=O) groups excluding carboxylic acids is 1. The lowest BCUT2D eigenvalue weighted by Gasteiger charge is -2.31. The number of carbonyl (C=O) groups is 1. The van der Waals surface area contributed by atoms with Crippen molar-refractivity contribution in [2.45, 2.75) is 19.0 Å². The van der Waals surface area contributed by atoms with E-state index in [0.717, 1.165) is 12.3 Å². The van der Waals surface area contributed by atoms with Crippen molar-refractivity contribution in [2.75, 3.05) is 5.32 Å². The van der Waals surface area contributed by atoms with Crippen LogP contribution >= 0.6 is 0 Å². The summed E-state index contributed by atoms with van der Waals surface area (Å²) in [5, 5.41) is 11.7. The minimum Gasteiger partial charge on any atom is -0.381 e. The van der Waals surface area contributed by atoms with Crippen LogP contribution in [0.3, 0.4) is 0 Å². The molecule has 1 amide bonds. The summed E-state index contributed by atoms with van der Waals surface area (Å²) in [6.07, 6.45) is 2.46. The molecule has 0 fully saturated rings. The number of hydrogen-bond donors (Lipinski definition) is 2. The molecule has 0 bridgehead atoms. The molecule has 1 aliphatic heterocycles. The van der Waals surface area contributed by atoms with Crippen molar-refractivity contribution in [2.24, 2.45) is 10.7 Å². The van der Waals surface area contributed by atoms with Crippen LogP contribution in [0.15, 0.2) is 47.7 Å². The molecule has 0 radical (unpaired) electrons. The predicted octanol–water partition coefficient (Wildman–Crippen LogP) is 2.31. The molecule has 4 rings (SSSR count). The third-order valence-corrected chi connectivity index (χ3v) is 4.73. The van der Waals surface area contributed by atoms with E-state index in [4.69, 9.17) is 11.0 Å². The van der Waals surface area contributed by atoms with Gasteiger partial charge in [-0.2, -0.15) is 5.26 Å². The first-order valence-electron chi connectivity index (χ1n) is 8.85. The lowest BCUT2D eigenvalue weighted by atomic mass is 9.90. The summed E-state index contributed by atoms with van der Waals surface area (Å²) in [5.74, 6) is -1.24. The van der Waals surface area contributed by atoms with Gasteiger partial charge in [0.15, 0.2) is 17.4 Å². The van der Waals surface area contributed by atoms with Crippen LogP contribution in [0.1, 0.15) is 34.5 Å². The van der Waals surface area contributed by atoms with Gasteiger partial charge in [0.1, 0.15) is 28.9 Å². The molecule has 3 N–H and O–H groups in total. The number of amidine groups is 1. The van der Waals surface area contributed by atoms with Crippen molar-refractivity contribution < 1.29 is 13.6 Å². The second-order valence-electron chi connectivity index (χ2n) is 6.97. The lowest BCUT2D eigenvalue weighted by Crippen LogP contribution is -2.37. The van der Waals surface area contributed by atoms with Gasteiger partial charge in [0.25, 0.3) is 5.91 Å². The molecule has 0 spiro atoms. The van der Waals surface area contributed by atoms with Gasteiger partial charge in [0.05, 0.1) is 12.7 Å². The van der Waals surface area contributed by atoms with Crippen LogP contribution in [-0.4, -0.2) is 26.3 Å². The number of imidazole rings is 1. The number of aliphatic imine (C=N–C) groups is 1. The molecule has 0 aliphatic carbocycles. The van der Waals surface area contributed by atoms with Crippen LogP contribution < -0.4 is 11.1 Å².